The highest BCUT2D eigenvalue weighted by Gasteiger charge is 2.36. The number of methoxy groups -OCH3 is 1. The van der Waals surface area contributed by atoms with Gasteiger partial charge in [-0.1, -0.05) is 17.7 Å². The van der Waals surface area contributed by atoms with Gasteiger partial charge < -0.3 is 24.9 Å². The van der Waals surface area contributed by atoms with Crippen LogP contribution >= 0.6 is 11.6 Å². The fourth-order valence-corrected chi connectivity index (χ4v) is 6.61. The van der Waals surface area contributed by atoms with E-state index in [0.717, 1.165) is 16.7 Å². The number of nitrogens with two attached hydrogens (primary N) is 1. The van der Waals surface area contributed by atoms with Crippen LogP contribution in [0.2, 0.25) is 5.02 Å². The van der Waals surface area contributed by atoms with Crippen molar-refractivity contribution < 1.29 is 27.4 Å². The number of aromatic nitrogens is 2. The van der Waals surface area contributed by atoms with E-state index in [-0.39, 0.29) is 36.9 Å². The molecule has 0 spiro atoms. The summed E-state index contributed by atoms with van der Waals surface area (Å²) >= 11 is 6.12. The highest BCUT2D eigenvalue weighted by Crippen LogP contribution is 2.33. The Morgan fingerprint density at radius 1 is 1.23 bits per heavy atom. The predicted octanol–water partition coefficient (Wildman–Crippen LogP) is 3.77. The standard InChI is InChI=1S/C27H27ClN4O6S/c1-16-11-19(4-5-21(16)17-7-8-30-24(12-17)36-2)38-15-20-14-32(9-10-37-20)39(34,35)26-22-13-18(28)3-6-23(22)31-25(26)27(29)33/h3-8,11-13,20,31H,9-10,14-15H2,1-2H3,(H2,29,33). The third-order valence-corrected chi connectivity index (χ3v) is 8.73. The number of carbonyl (C=O) groups excluding carboxylic acids is 1. The SMILES string of the molecule is COc1cc(-c2ccc(OCC3CN(S(=O)(=O)c4c(C(N)=O)[nH]c5ccc(Cl)cc45)CCO3)cc2C)ccn1. The van der Waals surface area contributed by atoms with Gasteiger partial charge in [0, 0.05) is 41.3 Å². The van der Waals surface area contributed by atoms with E-state index in [1.165, 1.54) is 10.4 Å². The van der Waals surface area contributed by atoms with Gasteiger partial charge in [0.25, 0.3) is 5.91 Å². The topological polar surface area (TPSA) is 137 Å². The molecule has 12 heteroatoms. The Kier molecular flexibility index (Phi) is 7.50. The number of amides is 1. The van der Waals surface area contributed by atoms with E-state index >= 15 is 0 Å². The monoisotopic (exact) mass is 570 g/mol. The molecule has 1 unspecified atom stereocenters. The van der Waals surface area contributed by atoms with Crippen LogP contribution in [-0.2, 0) is 14.8 Å². The van der Waals surface area contributed by atoms with Gasteiger partial charge in [0.2, 0.25) is 15.9 Å². The number of primary amides is 1. The summed E-state index contributed by atoms with van der Waals surface area (Å²) < 4.78 is 45.7. The van der Waals surface area contributed by atoms with E-state index in [4.69, 9.17) is 31.5 Å². The quantitative estimate of drug-likeness (QED) is 0.329. The molecule has 1 saturated heterocycles. The number of hydrogen-bond donors (Lipinski definition) is 2. The number of aromatic amines is 1. The van der Waals surface area contributed by atoms with Crippen LogP contribution in [0.3, 0.4) is 0 Å². The van der Waals surface area contributed by atoms with Crippen LogP contribution in [0.1, 0.15) is 16.1 Å². The number of halogens is 1. The van der Waals surface area contributed by atoms with Gasteiger partial charge in [-0.05, 0) is 60.0 Å². The number of morpholine rings is 1. The van der Waals surface area contributed by atoms with E-state index in [1.54, 1.807) is 25.4 Å². The molecule has 3 N–H and O–H groups in total. The summed E-state index contributed by atoms with van der Waals surface area (Å²) in [5.41, 5.74) is 8.75. The summed E-state index contributed by atoms with van der Waals surface area (Å²) in [6.45, 7) is 2.44. The second kappa shape index (κ2) is 10.9. The van der Waals surface area contributed by atoms with E-state index in [2.05, 4.69) is 9.97 Å². The summed E-state index contributed by atoms with van der Waals surface area (Å²) in [7, 11) is -2.54. The third-order valence-electron chi connectivity index (χ3n) is 6.55. The first-order valence-electron chi connectivity index (χ1n) is 12.1. The van der Waals surface area contributed by atoms with Crippen LogP contribution in [0.25, 0.3) is 22.0 Å². The molecule has 1 aliphatic heterocycles. The van der Waals surface area contributed by atoms with Crippen molar-refractivity contribution in [3.8, 4) is 22.8 Å². The average Bonchev–Trinajstić information content (AvgIpc) is 3.32. The number of carbonyl (C=O) groups is 1. The Bertz CT molecular complexity index is 1660. The molecular formula is C27H27ClN4O6S. The molecule has 2 aromatic carbocycles. The molecule has 1 amide bonds. The normalized spacial score (nSPS) is 16.3. The zero-order valence-corrected chi connectivity index (χ0v) is 22.9. The first-order chi connectivity index (χ1) is 18.7. The van der Waals surface area contributed by atoms with Gasteiger partial charge in [0.05, 0.1) is 13.7 Å². The Morgan fingerprint density at radius 3 is 2.79 bits per heavy atom. The second-order valence-electron chi connectivity index (χ2n) is 9.11. The molecule has 39 heavy (non-hydrogen) atoms. The molecule has 0 saturated carbocycles. The Morgan fingerprint density at radius 2 is 2.05 bits per heavy atom. The molecule has 0 aliphatic carbocycles. The van der Waals surface area contributed by atoms with Gasteiger partial charge in [-0.3, -0.25) is 4.79 Å². The maximum Gasteiger partial charge on any atom is 0.266 e. The van der Waals surface area contributed by atoms with Crippen LogP contribution in [0.5, 0.6) is 11.6 Å². The van der Waals surface area contributed by atoms with E-state index in [1.807, 2.05) is 37.3 Å². The minimum absolute atomic E-state index is 0.0433. The molecule has 1 aliphatic rings. The highest BCUT2D eigenvalue weighted by molar-refractivity contribution is 7.89. The van der Waals surface area contributed by atoms with Crippen LogP contribution in [0, 0.1) is 6.92 Å². The van der Waals surface area contributed by atoms with Gasteiger partial charge >= 0.3 is 0 Å². The van der Waals surface area contributed by atoms with Crippen molar-refractivity contribution in [2.75, 3.05) is 33.4 Å². The number of nitrogens with one attached hydrogen (secondary N) is 1. The van der Waals surface area contributed by atoms with Crippen LogP contribution in [0.4, 0.5) is 0 Å². The fourth-order valence-electron chi connectivity index (χ4n) is 4.65. The lowest BCUT2D eigenvalue weighted by Gasteiger charge is -2.32. The van der Waals surface area contributed by atoms with Crippen molar-refractivity contribution in [3.63, 3.8) is 0 Å². The molecule has 204 valence electrons. The van der Waals surface area contributed by atoms with Crippen LogP contribution < -0.4 is 15.2 Å². The lowest BCUT2D eigenvalue weighted by Crippen LogP contribution is -2.47. The van der Waals surface area contributed by atoms with Gasteiger partial charge in [-0.25, -0.2) is 13.4 Å². The zero-order valence-electron chi connectivity index (χ0n) is 21.3. The minimum atomic E-state index is -4.11. The smallest absolute Gasteiger partial charge is 0.266 e. The summed E-state index contributed by atoms with van der Waals surface area (Å²) in [4.78, 5) is 18.9. The molecule has 0 radical (unpaired) electrons. The van der Waals surface area contributed by atoms with Gasteiger partial charge in [-0.15, -0.1) is 0 Å². The van der Waals surface area contributed by atoms with Gasteiger partial charge in [0.1, 0.15) is 29.0 Å². The summed E-state index contributed by atoms with van der Waals surface area (Å²) in [5.74, 6) is 0.279. The summed E-state index contributed by atoms with van der Waals surface area (Å²) in [6.07, 6.45) is 1.17. The molecule has 10 nitrogen and oxygen atoms in total. The first-order valence-corrected chi connectivity index (χ1v) is 14.0. The minimum Gasteiger partial charge on any atom is -0.491 e. The lowest BCUT2D eigenvalue weighted by molar-refractivity contribution is -0.0249. The number of aryl methyl sites for hydroxylation is 1. The van der Waals surface area contributed by atoms with E-state index in [0.29, 0.717) is 27.6 Å². The van der Waals surface area contributed by atoms with Gasteiger partial charge in [-0.2, -0.15) is 4.31 Å². The van der Waals surface area contributed by atoms with Crippen molar-refractivity contribution in [2.24, 2.45) is 5.73 Å². The third kappa shape index (κ3) is 5.44. The number of H-pyrrole nitrogens is 1. The number of pyridine rings is 1. The van der Waals surface area contributed by atoms with Gasteiger partial charge in [0.15, 0.2) is 0 Å². The number of benzene rings is 2. The average molecular weight is 571 g/mol. The largest absolute Gasteiger partial charge is 0.491 e. The number of hydrogen-bond acceptors (Lipinski definition) is 7. The maximum absolute atomic E-state index is 13.7. The predicted molar refractivity (Wildman–Crippen MR) is 147 cm³/mol. The molecule has 2 aromatic heterocycles. The van der Waals surface area contributed by atoms with Crippen molar-refractivity contribution >= 4 is 38.4 Å². The van der Waals surface area contributed by atoms with Crippen LogP contribution in [0.15, 0.2) is 59.6 Å². The van der Waals surface area contributed by atoms with Crippen molar-refractivity contribution in [3.05, 3.63) is 71.0 Å². The molecule has 4 aromatic rings. The summed E-state index contributed by atoms with van der Waals surface area (Å²) in [5, 5.41) is 0.643. The van der Waals surface area contributed by atoms with Crippen molar-refractivity contribution in [2.45, 2.75) is 17.9 Å². The first kappa shape index (κ1) is 26.9. The number of nitrogens with zero attached hydrogens (tertiary/aromatic N) is 2. The second-order valence-corrected chi connectivity index (χ2v) is 11.4. The van der Waals surface area contributed by atoms with Crippen LogP contribution in [-0.4, -0.2) is 68.1 Å². The van der Waals surface area contributed by atoms with E-state index in [9.17, 15) is 13.2 Å². The van der Waals surface area contributed by atoms with Crippen molar-refractivity contribution in [1.29, 1.82) is 0 Å². The molecule has 3 heterocycles. The summed E-state index contributed by atoms with van der Waals surface area (Å²) in [6, 6.07) is 14.2. The number of fused-ring (bicyclic) bond motifs is 1. The highest BCUT2D eigenvalue weighted by atomic mass is 35.5. The molecule has 1 atom stereocenters. The molecule has 0 bridgehead atoms. The van der Waals surface area contributed by atoms with E-state index < -0.39 is 22.0 Å². The Balaban J connectivity index is 1.32. The number of rotatable bonds is 8. The number of ether oxygens (including phenoxy) is 3. The lowest BCUT2D eigenvalue weighted by atomic mass is 10.0. The fraction of sp³-hybridized carbons (Fsp3) is 0.259. The van der Waals surface area contributed by atoms with Crippen molar-refractivity contribution in [1.82, 2.24) is 14.3 Å². The molecule has 1 fully saturated rings. The Hall–Kier alpha value is -3.64. The zero-order chi connectivity index (χ0) is 27.7. The Labute approximate surface area is 230 Å². The molecular weight excluding hydrogens is 544 g/mol. The number of sulfonamides is 1. The molecule has 5 rings (SSSR count). The maximum atomic E-state index is 13.7.